The first-order chi connectivity index (χ1) is 12.1. The van der Waals surface area contributed by atoms with Gasteiger partial charge in [0.2, 0.25) is 0 Å². The Balaban J connectivity index is 4.35. The molecule has 0 heterocycles. The molecule has 1 N–H and O–H groups in total. The summed E-state index contributed by atoms with van der Waals surface area (Å²) in [7, 11) is -1.83. The lowest BCUT2D eigenvalue weighted by Crippen LogP contribution is -2.43. The van der Waals surface area contributed by atoms with Crippen LogP contribution in [0.4, 0.5) is 0 Å². The van der Waals surface area contributed by atoms with Crippen LogP contribution in [0.1, 0.15) is 105 Å². The third-order valence-corrected chi connectivity index (χ3v) is 10.1. The van der Waals surface area contributed by atoms with Gasteiger partial charge in [-0.05, 0) is 37.4 Å². The van der Waals surface area contributed by atoms with E-state index in [4.69, 9.17) is 4.43 Å². The van der Waals surface area contributed by atoms with Gasteiger partial charge in [-0.3, -0.25) is 0 Å². The summed E-state index contributed by atoms with van der Waals surface area (Å²) in [6.45, 7) is 15.6. The smallest absolute Gasteiger partial charge is 0.193 e. The maximum Gasteiger partial charge on any atom is 0.193 e. The molecule has 3 heteroatoms. The first kappa shape index (κ1) is 25.7. The second kappa shape index (κ2) is 13.8. The van der Waals surface area contributed by atoms with E-state index in [1.54, 1.807) is 0 Å². The molecule has 0 amide bonds. The summed E-state index contributed by atoms with van der Waals surface area (Å²) in [6, 6.07) is 0. The number of hydrogen-bond acceptors (Lipinski definition) is 2. The highest BCUT2D eigenvalue weighted by Gasteiger charge is 2.38. The summed E-state index contributed by atoms with van der Waals surface area (Å²) >= 11 is 0. The van der Waals surface area contributed by atoms with Crippen LogP contribution in [0.15, 0.2) is 0 Å². The largest absolute Gasteiger partial charge is 0.403 e. The molecule has 0 aromatic heterocycles. The van der Waals surface area contributed by atoms with Gasteiger partial charge in [-0.25, -0.2) is 0 Å². The molecule has 2 atom stereocenters. The maximum atomic E-state index is 9.78. The van der Waals surface area contributed by atoms with Gasteiger partial charge in [-0.1, -0.05) is 97.8 Å². The van der Waals surface area contributed by atoms with Crippen molar-refractivity contribution < 1.29 is 9.53 Å². The van der Waals surface area contributed by atoms with E-state index in [9.17, 15) is 5.11 Å². The van der Waals surface area contributed by atoms with Crippen molar-refractivity contribution >= 4 is 8.32 Å². The SMILES string of the molecule is CCCCCCCCCCC[C@@H](C#CC(O)CC)O[Si](C)(C)C(C)(C)C. The van der Waals surface area contributed by atoms with Gasteiger partial charge >= 0.3 is 0 Å². The van der Waals surface area contributed by atoms with Gasteiger partial charge < -0.3 is 9.53 Å². The Morgan fingerprint density at radius 2 is 1.35 bits per heavy atom. The van der Waals surface area contributed by atoms with Crippen LogP contribution in [0.5, 0.6) is 0 Å². The number of hydrogen-bond donors (Lipinski definition) is 1. The van der Waals surface area contributed by atoms with Crippen molar-refractivity contribution in [2.45, 2.75) is 136 Å². The van der Waals surface area contributed by atoms with Crippen LogP contribution in [0.2, 0.25) is 18.1 Å². The molecular formula is C23H46O2Si. The lowest BCUT2D eigenvalue weighted by molar-refractivity contribution is 0.213. The second-order valence-corrected chi connectivity index (χ2v) is 14.0. The van der Waals surface area contributed by atoms with Crippen LogP contribution in [-0.2, 0) is 4.43 Å². The first-order valence-corrected chi connectivity index (χ1v) is 13.9. The minimum absolute atomic E-state index is 0.0263. The van der Waals surface area contributed by atoms with Crippen LogP contribution in [0, 0.1) is 11.8 Å². The van der Waals surface area contributed by atoms with Gasteiger partial charge in [0.05, 0.1) is 0 Å². The average molecular weight is 383 g/mol. The minimum Gasteiger partial charge on any atom is -0.403 e. The van der Waals surface area contributed by atoms with Gasteiger partial charge in [0.15, 0.2) is 8.32 Å². The van der Waals surface area contributed by atoms with Crippen molar-refractivity contribution in [1.29, 1.82) is 0 Å². The first-order valence-electron chi connectivity index (χ1n) is 11.0. The maximum absolute atomic E-state index is 9.78. The normalized spacial score (nSPS) is 14.6. The summed E-state index contributed by atoms with van der Waals surface area (Å²) in [6.07, 6.45) is 13.1. The Bertz CT molecular complexity index is 401. The van der Waals surface area contributed by atoms with Crippen molar-refractivity contribution in [2.75, 3.05) is 0 Å². The summed E-state index contributed by atoms with van der Waals surface area (Å²) in [5.41, 5.74) is 0. The summed E-state index contributed by atoms with van der Waals surface area (Å²) in [5.74, 6) is 6.23. The molecule has 0 spiro atoms. The van der Waals surface area contributed by atoms with Crippen molar-refractivity contribution in [3.63, 3.8) is 0 Å². The van der Waals surface area contributed by atoms with Crippen LogP contribution in [-0.4, -0.2) is 25.6 Å². The van der Waals surface area contributed by atoms with E-state index >= 15 is 0 Å². The van der Waals surface area contributed by atoms with Crippen molar-refractivity contribution in [2.24, 2.45) is 0 Å². The zero-order valence-corrected chi connectivity index (χ0v) is 19.8. The van der Waals surface area contributed by atoms with Gasteiger partial charge in [0.1, 0.15) is 12.2 Å². The van der Waals surface area contributed by atoms with Crippen molar-refractivity contribution in [3.05, 3.63) is 0 Å². The van der Waals surface area contributed by atoms with E-state index in [0.717, 1.165) is 6.42 Å². The van der Waals surface area contributed by atoms with Gasteiger partial charge in [0.25, 0.3) is 0 Å². The third-order valence-electron chi connectivity index (χ3n) is 5.61. The Morgan fingerprint density at radius 1 is 0.846 bits per heavy atom. The van der Waals surface area contributed by atoms with Crippen LogP contribution < -0.4 is 0 Å². The number of rotatable bonds is 13. The molecule has 2 nitrogen and oxygen atoms in total. The zero-order chi connectivity index (χ0) is 20.1. The molecule has 1 unspecified atom stereocenters. The lowest BCUT2D eigenvalue weighted by atomic mass is 10.1. The minimum atomic E-state index is -1.83. The third kappa shape index (κ3) is 12.2. The van der Waals surface area contributed by atoms with E-state index in [2.05, 4.69) is 52.6 Å². The molecule has 0 saturated carbocycles. The molecule has 0 bridgehead atoms. The number of aliphatic hydroxyl groups is 1. The topological polar surface area (TPSA) is 29.5 Å². The van der Waals surface area contributed by atoms with Crippen LogP contribution in [0.3, 0.4) is 0 Å². The lowest BCUT2D eigenvalue weighted by Gasteiger charge is -2.38. The highest BCUT2D eigenvalue weighted by atomic mass is 28.4. The Labute approximate surface area is 165 Å². The highest BCUT2D eigenvalue weighted by Crippen LogP contribution is 2.37. The molecule has 0 aromatic rings. The van der Waals surface area contributed by atoms with Crippen LogP contribution in [0.25, 0.3) is 0 Å². The second-order valence-electron chi connectivity index (χ2n) is 9.20. The van der Waals surface area contributed by atoms with E-state index < -0.39 is 14.4 Å². The predicted molar refractivity (Wildman–Crippen MR) is 118 cm³/mol. The van der Waals surface area contributed by atoms with Gasteiger partial charge in [0, 0.05) is 0 Å². The zero-order valence-electron chi connectivity index (χ0n) is 18.8. The quantitative estimate of drug-likeness (QED) is 0.210. The standard InChI is InChI=1S/C23H46O2Si/c1-8-10-11-12-13-14-15-16-17-18-22(20-19-21(24)9-2)25-26(6,7)23(3,4)5/h21-22,24H,8-18H2,1-7H3/t21?,22-/m0/s1. The highest BCUT2D eigenvalue weighted by molar-refractivity contribution is 6.74. The molecule has 154 valence electrons. The molecular weight excluding hydrogens is 336 g/mol. The molecule has 0 rings (SSSR count). The Hall–Kier alpha value is -0.303. The van der Waals surface area contributed by atoms with E-state index in [0.29, 0.717) is 6.42 Å². The van der Waals surface area contributed by atoms with Crippen molar-refractivity contribution in [3.8, 4) is 11.8 Å². The average Bonchev–Trinajstić information content (AvgIpc) is 2.56. The molecule has 0 fully saturated rings. The van der Waals surface area contributed by atoms with E-state index in [-0.39, 0.29) is 11.1 Å². The van der Waals surface area contributed by atoms with Gasteiger partial charge in [-0.2, -0.15) is 0 Å². The summed E-state index contributed by atoms with van der Waals surface area (Å²) in [4.78, 5) is 0. The molecule has 0 aromatic carbocycles. The Morgan fingerprint density at radius 3 is 1.81 bits per heavy atom. The fraction of sp³-hybridized carbons (Fsp3) is 0.913. The number of aliphatic hydroxyl groups excluding tert-OH is 1. The summed E-state index contributed by atoms with van der Waals surface area (Å²) in [5, 5.41) is 9.97. The molecule has 0 aliphatic carbocycles. The van der Waals surface area contributed by atoms with Crippen LogP contribution >= 0.6 is 0 Å². The molecule has 26 heavy (non-hydrogen) atoms. The summed E-state index contributed by atoms with van der Waals surface area (Å²) < 4.78 is 6.52. The molecule has 0 radical (unpaired) electrons. The fourth-order valence-corrected chi connectivity index (χ4v) is 3.87. The fourth-order valence-electron chi connectivity index (χ4n) is 2.62. The monoisotopic (exact) mass is 382 g/mol. The molecule has 0 saturated heterocycles. The Kier molecular flexibility index (Phi) is 13.6. The molecule has 0 aliphatic rings. The predicted octanol–water partition coefficient (Wildman–Crippen LogP) is 7.07. The van der Waals surface area contributed by atoms with E-state index in [1.807, 2.05) is 6.92 Å². The van der Waals surface area contributed by atoms with Crippen molar-refractivity contribution in [1.82, 2.24) is 0 Å². The van der Waals surface area contributed by atoms with E-state index in [1.165, 1.54) is 57.8 Å². The van der Waals surface area contributed by atoms with Gasteiger partial charge in [-0.15, -0.1) is 0 Å². The number of unbranched alkanes of at least 4 members (excludes halogenated alkanes) is 8. The molecule has 0 aliphatic heterocycles.